The Kier molecular flexibility index (Phi) is 10.9. The highest BCUT2D eigenvalue weighted by Crippen LogP contribution is 2.34. The molecule has 4 N–H and O–H groups in total. The van der Waals surface area contributed by atoms with Crippen molar-refractivity contribution in [3.63, 3.8) is 0 Å². The molecule has 6 rings (SSSR count). The molecule has 2 aliphatic rings. The number of aromatic nitrogens is 3. The standard InChI is InChI=1S/C34H42N8O5/c1-2-31(43)24-6-8-25(9-7-24)38-33-28-19-30(32(20-29(28)35-23-36-33)47-27-10-16-46-22-27)39-34(44)40-37-21-26-5-3-12-42(26)13-4-11-41-14-17-45-18-15-41/h3,5-9,12,19-20,23,27,37H,2,4,10-11,13-18,21-22H2,1H3,(H,35,36,38)(H2,39,40,44). The van der Waals surface area contributed by atoms with Gasteiger partial charge < -0.3 is 29.4 Å². The molecule has 248 valence electrons. The first-order valence-corrected chi connectivity index (χ1v) is 16.2. The minimum atomic E-state index is -0.440. The first-order valence-electron chi connectivity index (χ1n) is 16.2. The van der Waals surface area contributed by atoms with Crippen molar-refractivity contribution in [2.75, 3.05) is 56.7 Å². The number of rotatable bonds is 14. The van der Waals surface area contributed by atoms with Crippen LogP contribution in [0, 0.1) is 0 Å². The molecule has 4 aromatic rings. The van der Waals surface area contributed by atoms with E-state index >= 15 is 0 Å². The number of hydrazine groups is 1. The van der Waals surface area contributed by atoms with E-state index in [1.165, 1.54) is 6.33 Å². The zero-order chi connectivity index (χ0) is 32.4. The Labute approximate surface area is 274 Å². The zero-order valence-corrected chi connectivity index (χ0v) is 26.7. The Morgan fingerprint density at radius 3 is 2.66 bits per heavy atom. The smallest absolute Gasteiger partial charge is 0.333 e. The molecular weight excluding hydrogens is 600 g/mol. The van der Waals surface area contributed by atoms with Crippen LogP contribution in [-0.2, 0) is 22.6 Å². The summed E-state index contributed by atoms with van der Waals surface area (Å²) in [6, 6.07) is 14.5. The van der Waals surface area contributed by atoms with Gasteiger partial charge in [-0.15, -0.1) is 0 Å². The maximum Gasteiger partial charge on any atom is 0.333 e. The van der Waals surface area contributed by atoms with Gasteiger partial charge in [-0.2, -0.15) is 0 Å². The molecule has 2 amide bonds. The monoisotopic (exact) mass is 642 g/mol. The number of carbonyl (C=O) groups excluding carboxylic acids is 2. The van der Waals surface area contributed by atoms with Crippen LogP contribution in [0.25, 0.3) is 10.9 Å². The first kappa shape index (κ1) is 32.4. The molecule has 1 atom stereocenters. The van der Waals surface area contributed by atoms with Gasteiger partial charge in [-0.25, -0.2) is 20.2 Å². The van der Waals surface area contributed by atoms with E-state index < -0.39 is 6.03 Å². The van der Waals surface area contributed by atoms with E-state index in [-0.39, 0.29) is 11.9 Å². The number of hydrogen-bond donors (Lipinski definition) is 4. The van der Waals surface area contributed by atoms with E-state index in [1.807, 2.05) is 31.2 Å². The fourth-order valence-electron chi connectivity index (χ4n) is 5.73. The van der Waals surface area contributed by atoms with Gasteiger partial charge in [0, 0.05) is 73.6 Å². The van der Waals surface area contributed by atoms with E-state index in [1.54, 1.807) is 24.3 Å². The molecule has 0 bridgehead atoms. The van der Waals surface area contributed by atoms with Crippen molar-refractivity contribution in [2.24, 2.45) is 0 Å². The number of hydrogen-bond acceptors (Lipinski definition) is 10. The minimum absolute atomic E-state index is 0.0844. The Morgan fingerprint density at radius 1 is 1.02 bits per heavy atom. The topological polar surface area (TPSA) is 144 Å². The molecular formula is C34H42N8O5. The van der Waals surface area contributed by atoms with Gasteiger partial charge in [-0.05, 0) is 48.9 Å². The van der Waals surface area contributed by atoms with Crippen molar-refractivity contribution in [3.05, 3.63) is 72.3 Å². The number of nitrogens with zero attached hydrogens (tertiary/aromatic N) is 4. The normalized spacial score (nSPS) is 16.7. The molecule has 4 heterocycles. The Balaban J connectivity index is 1.11. The molecule has 0 radical (unpaired) electrons. The summed E-state index contributed by atoms with van der Waals surface area (Å²) < 4.78 is 19.4. The van der Waals surface area contributed by atoms with E-state index in [0.717, 1.165) is 63.6 Å². The second kappa shape index (κ2) is 15.8. The number of benzene rings is 2. The lowest BCUT2D eigenvalue weighted by molar-refractivity contribution is 0.0369. The largest absolute Gasteiger partial charge is 0.486 e. The molecule has 0 saturated carbocycles. The third-order valence-corrected chi connectivity index (χ3v) is 8.33. The molecule has 2 aromatic carbocycles. The molecule has 1 unspecified atom stereocenters. The summed E-state index contributed by atoms with van der Waals surface area (Å²) in [6.07, 6.45) is 5.65. The number of nitrogens with one attached hydrogen (secondary N) is 4. The van der Waals surface area contributed by atoms with E-state index in [2.05, 4.69) is 47.1 Å². The lowest BCUT2D eigenvalue weighted by atomic mass is 10.1. The summed E-state index contributed by atoms with van der Waals surface area (Å²) in [6.45, 7) is 8.91. The fourth-order valence-corrected chi connectivity index (χ4v) is 5.73. The highest BCUT2D eigenvalue weighted by molar-refractivity contribution is 5.99. The number of urea groups is 1. The molecule has 13 heteroatoms. The lowest BCUT2D eigenvalue weighted by Crippen LogP contribution is -2.40. The zero-order valence-electron chi connectivity index (χ0n) is 26.7. The molecule has 2 saturated heterocycles. The second-order valence-electron chi connectivity index (χ2n) is 11.6. The van der Waals surface area contributed by atoms with Crippen molar-refractivity contribution in [2.45, 2.75) is 45.4 Å². The number of fused-ring (bicyclic) bond motifs is 1. The molecule has 0 aliphatic carbocycles. The lowest BCUT2D eigenvalue weighted by Gasteiger charge is -2.26. The van der Waals surface area contributed by atoms with Gasteiger partial charge in [0.2, 0.25) is 0 Å². The van der Waals surface area contributed by atoms with Crippen LogP contribution in [0.4, 0.5) is 22.0 Å². The van der Waals surface area contributed by atoms with Gasteiger partial charge in [0.15, 0.2) is 5.78 Å². The Morgan fingerprint density at radius 2 is 1.87 bits per heavy atom. The Bertz CT molecular complexity index is 1650. The number of ether oxygens (including phenoxy) is 3. The highest BCUT2D eigenvalue weighted by atomic mass is 16.5. The Hall–Kier alpha value is -4.56. The third kappa shape index (κ3) is 8.63. The van der Waals surface area contributed by atoms with Crippen LogP contribution < -0.4 is 26.2 Å². The van der Waals surface area contributed by atoms with Gasteiger partial charge in [0.05, 0.1) is 44.2 Å². The van der Waals surface area contributed by atoms with Gasteiger partial charge >= 0.3 is 6.03 Å². The van der Waals surface area contributed by atoms with Crippen LogP contribution in [-0.4, -0.2) is 83.4 Å². The maximum atomic E-state index is 13.1. The SMILES string of the molecule is CCC(=O)c1ccc(Nc2ncnc3cc(OC4CCOC4)c(NC(=O)NNCc4cccn4CCCN4CCOCC4)cc23)cc1. The summed E-state index contributed by atoms with van der Waals surface area (Å²) in [5.41, 5.74) is 9.42. The van der Waals surface area contributed by atoms with Crippen LogP contribution in [0.1, 0.15) is 42.2 Å². The third-order valence-electron chi connectivity index (χ3n) is 8.33. The summed E-state index contributed by atoms with van der Waals surface area (Å²) in [5, 5.41) is 6.94. The van der Waals surface area contributed by atoms with Crippen molar-refractivity contribution in [1.29, 1.82) is 0 Å². The van der Waals surface area contributed by atoms with Crippen LogP contribution >= 0.6 is 0 Å². The quantitative estimate of drug-likeness (QED) is 0.115. The molecule has 0 spiro atoms. The van der Waals surface area contributed by atoms with Crippen LogP contribution in [0.3, 0.4) is 0 Å². The summed E-state index contributed by atoms with van der Waals surface area (Å²) in [7, 11) is 0. The molecule has 13 nitrogen and oxygen atoms in total. The summed E-state index contributed by atoms with van der Waals surface area (Å²) >= 11 is 0. The molecule has 2 aromatic heterocycles. The number of ketones is 1. The van der Waals surface area contributed by atoms with Crippen LogP contribution in [0.2, 0.25) is 0 Å². The number of amides is 2. The number of aryl methyl sites for hydroxylation is 1. The van der Waals surface area contributed by atoms with E-state index in [0.29, 0.717) is 59.9 Å². The minimum Gasteiger partial charge on any atom is -0.486 e. The molecule has 2 aliphatic heterocycles. The van der Waals surface area contributed by atoms with Gasteiger partial charge in [0.1, 0.15) is 24.0 Å². The van der Waals surface area contributed by atoms with Gasteiger partial charge in [0.25, 0.3) is 0 Å². The van der Waals surface area contributed by atoms with Crippen molar-refractivity contribution >= 4 is 39.9 Å². The fraction of sp³-hybridized carbons (Fsp3) is 0.412. The van der Waals surface area contributed by atoms with E-state index in [4.69, 9.17) is 14.2 Å². The summed E-state index contributed by atoms with van der Waals surface area (Å²) in [5.74, 6) is 1.13. The number of morpholine rings is 1. The van der Waals surface area contributed by atoms with Crippen LogP contribution in [0.15, 0.2) is 61.1 Å². The van der Waals surface area contributed by atoms with Gasteiger partial charge in [-0.1, -0.05) is 6.92 Å². The van der Waals surface area contributed by atoms with Crippen LogP contribution in [0.5, 0.6) is 5.75 Å². The van der Waals surface area contributed by atoms with Gasteiger partial charge in [-0.3, -0.25) is 15.1 Å². The number of carbonyl (C=O) groups is 2. The first-order chi connectivity index (χ1) is 23.1. The average molecular weight is 643 g/mol. The highest BCUT2D eigenvalue weighted by Gasteiger charge is 2.21. The van der Waals surface area contributed by atoms with Crippen molar-refractivity contribution < 1.29 is 23.8 Å². The maximum absolute atomic E-state index is 13.1. The van der Waals surface area contributed by atoms with Crippen molar-refractivity contribution in [3.8, 4) is 5.75 Å². The second-order valence-corrected chi connectivity index (χ2v) is 11.6. The van der Waals surface area contributed by atoms with E-state index in [9.17, 15) is 9.59 Å². The predicted octanol–water partition coefficient (Wildman–Crippen LogP) is 4.48. The van der Waals surface area contributed by atoms with Crippen molar-refractivity contribution in [1.82, 2.24) is 30.3 Å². The predicted molar refractivity (Wildman–Crippen MR) is 179 cm³/mol. The average Bonchev–Trinajstić information content (AvgIpc) is 3.78. The number of anilines is 3. The molecule has 47 heavy (non-hydrogen) atoms. The summed E-state index contributed by atoms with van der Waals surface area (Å²) in [4.78, 5) is 36.5. The number of Topliss-reactive ketones (excluding diaryl/α,β-unsaturated/α-hetero) is 1. The molecule has 2 fully saturated rings.